The van der Waals surface area contributed by atoms with Gasteiger partial charge >= 0.3 is 0 Å². The van der Waals surface area contributed by atoms with Gasteiger partial charge in [0.05, 0.1) is 34.6 Å². The Kier molecular flexibility index (Phi) is 5.75. The van der Waals surface area contributed by atoms with Crippen molar-refractivity contribution in [2.24, 2.45) is 0 Å². The SMILES string of the molecule is Cc1ncc(CN(C)c2ccc(S(=O)(=O)N3CCOCC3)cc2[N+](=O)[O-])s1. The van der Waals surface area contributed by atoms with Crippen LogP contribution in [0.25, 0.3) is 0 Å². The molecule has 0 amide bonds. The van der Waals surface area contributed by atoms with Crippen molar-refractivity contribution in [3.8, 4) is 0 Å². The Morgan fingerprint density at radius 3 is 2.67 bits per heavy atom. The molecule has 0 radical (unpaired) electrons. The van der Waals surface area contributed by atoms with Crippen molar-refractivity contribution in [1.82, 2.24) is 9.29 Å². The van der Waals surface area contributed by atoms with Crippen LogP contribution < -0.4 is 4.90 Å². The monoisotopic (exact) mass is 412 g/mol. The summed E-state index contributed by atoms with van der Waals surface area (Å²) in [7, 11) is -2.06. The van der Waals surface area contributed by atoms with Gasteiger partial charge in [0.25, 0.3) is 5.69 Å². The maximum absolute atomic E-state index is 12.8. The standard InChI is InChI=1S/C16H20N4O5S2/c1-12-17-10-13(26-12)11-18(2)15-4-3-14(9-16(15)20(21)22)27(23,24)19-5-7-25-8-6-19/h3-4,9-10H,5-8,11H2,1-2H3. The molecule has 1 aromatic heterocycles. The number of aromatic nitrogens is 1. The highest BCUT2D eigenvalue weighted by molar-refractivity contribution is 7.89. The van der Waals surface area contributed by atoms with Gasteiger partial charge in [-0.15, -0.1) is 11.3 Å². The van der Waals surface area contributed by atoms with Crippen LogP contribution in [0.15, 0.2) is 29.3 Å². The number of sulfonamides is 1. The van der Waals surface area contributed by atoms with E-state index in [4.69, 9.17) is 4.74 Å². The number of nitro groups is 1. The van der Waals surface area contributed by atoms with Gasteiger partial charge in [-0.3, -0.25) is 10.1 Å². The molecule has 2 aromatic rings. The van der Waals surface area contributed by atoms with E-state index < -0.39 is 14.9 Å². The van der Waals surface area contributed by atoms with Gasteiger partial charge in [-0.25, -0.2) is 13.4 Å². The summed E-state index contributed by atoms with van der Waals surface area (Å²) >= 11 is 1.51. The molecule has 0 bridgehead atoms. The maximum Gasteiger partial charge on any atom is 0.293 e. The molecule has 1 aromatic carbocycles. The van der Waals surface area contributed by atoms with Crippen molar-refractivity contribution in [3.05, 3.63) is 44.4 Å². The minimum atomic E-state index is -3.79. The lowest BCUT2D eigenvalue weighted by molar-refractivity contribution is -0.384. The normalized spacial score (nSPS) is 15.6. The molecule has 1 fully saturated rings. The van der Waals surface area contributed by atoms with Crippen LogP contribution in [0.2, 0.25) is 0 Å². The molecule has 0 aliphatic carbocycles. The number of nitrogens with zero attached hydrogens (tertiary/aromatic N) is 4. The van der Waals surface area contributed by atoms with Gasteiger partial charge in [0.2, 0.25) is 10.0 Å². The molecule has 0 unspecified atom stereocenters. The van der Waals surface area contributed by atoms with Crippen LogP contribution in [-0.2, 0) is 21.3 Å². The number of rotatable bonds is 6. The van der Waals surface area contributed by atoms with Gasteiger partial charge in [-0.2, -0.15) is 4.31 Å². The minimum absolute atomic E-state index is 0.0816. The van der Waals surface area contributed by atoms with Crippen molar-refractivity contribution >= 4 is 32.7 Å². The molecule has 9 nitrogen and oxygen atoms in total. The van der Waals surface area contributed by atoms with E-state index in [0.717, 1.165) is 16.0 Å². The molecule has 2 heterocycles. The van der Waals surface area contributed by atoms with Crippen LogP contribution in [0.1, 0.15) is 9.88 Å². The molecule has 0 saturated carbocycles. The third-order valence-electron chi connectivity index (χ3n) is 4.22. The summed E-state index contributed by atoms with van der Waals surface area (Å²) in [6, 6.07) is 4.04. The fourth-order valence-electron chi connectivity index (χ4n) is 2.87. The fraction of sp³-hybridized carbons (Fsp3) is 0.438. The van der Waals surface area contributed by atoms with E-state index in [2.05, 4.69) is 4.98 Å². The van der Waals surface area contributed by atoms with Gasteiger partial charge in [-0.05, 0) is 19.1 Å². The van der Waals surface area contributed by atoms with Crippen LogP contribution in [0.4, 0.5) is 11.4 Å². The summed E-state index contributed by atoms with van der Waals surface area (Å²) in [5.74, 6) is 0. The summed E-state index contributed by atoms with van der Waals surface area (Å²) in [6.07, 6.45) is 1.74. The molecule has 0 atom stereocenters. The van der Waals surface area contributed by atoms with E-state index in [1.807, 2.05) is 6.92 Å². The van der Waals surface area contributed by atoms with Gasteiger partial charge in [0.1, 0.15) is 5.69 Å². The average Bonchev–Trinajstić information content (AvgIpc) is 3.06. The Balaban J connectivity index is 1.91. The zero-order valence-corrected chi connectivity index (χ0v) is 16.6. The lowest BCUT2D eigenvalue weighted by Gasteiger charge is -2.26. The molecule has 3 rings (SSSR count). The van der Waals surface area contributed by atoms with Crippen LogP contribution in [0.5, 0.6) is 0 Å². The zero-order chi connectivity index (χ0) is 19.6. The van der Waals surface area contributed by atoms with Crippen LogP contribution >= 0.6 is 11.3 Å². The Hall–Kier alpha value is -2.08. The Morgan fingerprint density at radius 1 is 1.37 bits per heavy atom. The number of hydrogen-bond acceptors (Lipinski definition) is 8. The highest BCUT2D eigenvalue weighted by atomic mass is 32.2. The van der Waals surface area contributed by atoms with Crippen LogP contribution in [0.3, 0.4) is 0 Å². The average molecular weight is 412 g/mol. The highest BCUT2D eigenvalue weighted by Gasteiger charge is 2.29. The van der Waals surface area contributed by atoms with Crippen molar-refractivity contribution in [2.45, 2.75) is 18.4 Å². The van der Waals surface area contributed by atoms with Crippen molar-refractivity contribution < 1.29 is 18.1 Å². The number of anilines is 1. The van der Waals surface area contributed by atoms with E-state index >= 15 is 0 Å². The van der Waals surface area contributed by atoms with Gasteiger partial charge in [0.15, 0.2) is 0 Å². The smallest absolute Gasteiger partial charge is 0.293 e. The van der Waals surface area contributed by atoms with Crippen molar-refractivity contribution in [2.75, 3.05) is 38.3 Å². The molecular weight excluding hydrogens is 392 g/mol. The Labute approximate surface area is 161 Å². The number of hydrogen-bond donors (Lipinski definition) is 0. The molecule has 1 aliphatic rings. The molecule has 11 heteroatoms. The molecular formula is C16H20N4O5S2. The first-order valence-electron chi connectivity index (χ1n) is 8.28. The van der Waals surface area contributed by atoms with Gasteiger partial charge in [-0.1, -0.05) is 0 Å². The van der Waals surface area contributed by atoms with E-state index in [9.17, 15) is 18.5 Å². The molecule has 27 heavy (non-hydrogen) atoms. The second-order valence-corrected chi connectivity index (χ2v) is 9.38. The topological polar surface area (TPSA) is 106 Å². The lowest BCUT2D eigenvalue weighted by Crippen LogP contribution is -2.40. The number of aryl methyl sites for hydroxylation is 1. The first-order valence-corrected chi connectivity index (χ1v) is 10.5. The van der Waals surface area contributed by atoms with Crippen LogP contribution in [-0.4, -0.2) is 56.0 Å². The van der Waals surface area contributed by atoms with Gasteiger partial charge in [0, 0.05) is 37.3 Å². The summed E-state index contributed by atoms with van der Waals surface area (Å²) in [6.45, 7) is 3.45. The maximum atomic E-state index is 12.8. The molecule has 1 aliphatic heterocycles. The fourth-order valence-corrected chi connectivity index (χ4v) is 5.14. The second kappa shape index (κ2) is 7.89. The second-order valence-electron chi connectivity index (χ2n) is 6.13. The summed E-state index contributed by atoms with van der Waals surface area (Å²) in [4.78, 5) is 17.8. The quantitative estimate of drug-likeness (QED) is 0.528. The van der Waals surface area contributed by atoms with E-state index in [1.54, 1.807) is 18.1 Å². The first-order chi connectivity index (χ1) is 12.8. The Bertz CT molecular complexity index is 938. The minimum Gasteiger partial charge on any atom is -0.379 e. The number of nitro benzene ring substituents is 1. The predicted molar refractivity (Wildman–Crippen MR) is 102 cm³/mol. The molecule has 146 valence electrons. The largest absolute Gasteiger partial charge is 0.379 e. The van der Waals surface area contributed by atoms with E-state index in [0.29, 0.717) is 25.4 Å². The zero-order valence-electron chi connectivity index (χ0n) is 15.0. The summed E-state index contributed by atoms with van der Waals surface area (Å²) in [5, 5.41) is 12.5. The van der Waals surface area contributed by atoms with E-state index in [1.165, 1.54) is 27.8 Å². The molecule has 1 saturated heterocycles. The highest BCUT2D eigenvalue weighted by Crippen LogP contribution is 2.32. The third-order valence-corrected chi connectivity index (χ3v) is 7.02. The van der Waals surface area contributed by atoms with E-state index in [-0.39, 0.29) is 23.7 Å². The Morgan fingerprint density at radius 2 is 2.07 bits per heavy atom. The molecule has 0 spiro atoms. The number of ether oxygens (including phenoxy) is 1. The predicted octanol–water partition coefficient (Wildman–Crippen LogP) is 2.02. The number of benzene rings is 1. The van der Waals surface area contributed by atoms with Crippen molar-refractivity contribution in [1.29, 1.82) is 0 Å². The number of thiazole rings is 1. The van der Waals surface area contributed by atoms with Crippen LogP contribution in [0, 0.1) is 17.0 Å². The van der Waals surface area contributed by atoms with Crippen molar-refractivity contribution in [3.63, 3.8) is 0 Å². The molecule has 0 N–H and O–H groups in total. The summed E-state index contributed by atoms with van der Waals surface area (Å²) < 4.78 is 32.0. The summed E-state index contributed by atoms with van der Waals surface area (Å²) in [5.41, 5.74) is 0.111. The first kappa shape index (κ1) is 19.7. The third kappa shape index (κ3) is 4.26. The van der Waals surface area contributed by atoms with Gasteiger partial charge < -0.3 is 9.64 Å². The number of morpholine rings is 1. The lowest BCUT2D eigenvalue weighted by atomic mass is 10.2.